The number of nitrogens with zero attached hydrogens (tertiary/aromatic N) is 1. The van der Waals surface area contributed by atoms with Gasteiger partial charge in [-0.05, 0) is 50.3 Å². The molecule has 124 valence electrons. The van der Waals surface area contributed by atoms with Gasteiger partial charge >= 0.3 is 0 Å². The predicted molar refractivity (Wildman–Crippen MR) is 91.5 cm³/mol. The lowest BCUT2D eigenvalue weighted by molar-refractivity contribution is 0.0435. The van der Waals surface area contributed by atoms with Crippen LogP contribution in [0.25, 0.3) is 0 Å². The molecule has 1 aromatic carbocycles. The first kappa shape index (κ1) is 17.3. The zero-order valence-electron chi connectivity index (χ0n) is 14.3. The van der Waals surface area contributed by atoms with Gasteiger partial charge in [-0.25, -0.2) is 0 Å². The van der Waals surface area contributed by atoms with E-state index in [1.807, 2.05) is 12.1 Å². The summed E-state index contributed by atoms with van der Waals surface area (Å²) in [4.78, 5) is 2.39. The van der Waals surface area contributed by atoms with Crippen LogP contribution in [-0.2, 0) is 0 Å². The van der Waals surface area contributed by atoms with Crippen LogP contribution in [0.15, 0.2) is 24.3 Å². The highest BCUT2D eigenvalue weighted by molar-refractivity contribution is 5.35. The Morgan fingerprint density at radius 3 is 2.82 bits per heavy atom. The van der Waals surface area contributed by atoms with Crippen molar-refractivity contribution in [1.82, 2.24) is 4.90 Å². The summed E-state index contributed by atoms with van der Waals surface area (Å²) < 4.78 is 5.92. The number of aliphatic hydroxyl groups excluding tert-OH is 1. The Morgan fingerprint density at radius 2 is 2.09 bits per heavy atom. The molecule has 3 atom stereocenters. The first-order valence-corrected chi connectivity index (χ1v) is 8.75. The van der Waals surface area contributed by atoms with Crippen molar-refractivity contribution in [1.29, 1.82) is 0 Å². The minimum absolute atomic E-state index is 0.372. The third-order valence-corrected chi connectivity index (χ3v) is 4.88. The number of piperidine rings is 1. The normalized spacial score (nSPS) is 22.3. The highest BCUT2D eigenvalue weighted by Gasteiger charge is 2.21. The summed E-state index contributed by atoms with van der Waals surface area (Å²) in [6, 6.07) is 8.77. The van der Waals surface area contributed by atoms with E-state index in [0.717, 1.165) is 18.7 Å². The zero-order chi connectivity index (χ0) is 15.9. The van der Waals surface area contributed by atoms with Crippen molar-refractivity contribution >= 4 is 0 Å². The number of rotatable bonds is 7. The maximum Gasteiger partial charge on any atom is 0.122 e. The molecule has 1 N–H and O–H groups in total. The second-order valence-corrected chi connectivity index (χ2v) is 6.65. The summed E-state index contributed by atoms with van der Waals surface area (Å²) >= 11 is 0. The van der Waals surface area contributed by atoms with E-state index in [1.165, 1.54) is 24.8 Å². The van der Waals surface area contributed by atoms with Gasteiger partial charge in [0.15, 0.2) is 0 Å². The summed E-state index contributed by atoms with van der Waals surface area (Å²) in [7, 11) is 0. The van der Waals surface area contributed by atoms with Crippen molar-refractivity contribution in [2.24, 2.45) is 0 Å². The Balaban J connectivity index is 1.87. The van der Waals surface area contributed by atoms with Crippen LogP contribution in [0.1, 0.15) is 57.9 Å². The van der Waals surface area contributed by atoms with E-state index in [2.05, 4.69) is 37.8 Å². The van der Waals surface area contributed by atoms with Crippen LogP contribution in [0.3, 0.4) is 0 Å². The first-order chi connectivity index (χ1) is 10.6. The van der Waals surface area contributed by atoms with Crippen LogP contribution >= 0.6 is 0 Å². The molecule has 3 nitrogen and oxygen atoms in total. The summed E-state index contributed by atoms with van der Waals surface area (Å²) in [5, 5.41) is 10.3. The average Bonchev–Trinajstić information content (AvgIpc) is 2.54. The molecule has 1 heterocycles. The number of ether oxygens (including phenoxy) is 1. The molecule has 1 aliphatic heterocycles. The monoisotopic (exact) mass is 305 g/mol. The summed E-state index contributed by atoms with van der Waals surface area (Å²) in [6.45, 7) is 8.85. The largest absolute Gasteiger partial charge is 0.491 e. The maximum absolute atomic E-state index is 10.3. The number of aliphatic hydroxyl groups is 1. The lowest BCUT2D eigenvalue weighted by atomic mass is 9.98. The minimum Gasteiger partial charge on any atom is -0.491 e. The van der Waals surface area contributed by atoms with Gasteiger partial charge < -0.3 is 9.84 Å². The molecule has 0 saturated carbocycles. The number of hydrogen-bond acceptors (Lipinski definition) is 3. The molecule has 22 heavy (non-hydrogen) atoms. The smallest absolute Gasteiger partial charge is 0.122 e. The fourth-order valence-electron chi connectivity index (χ4n) is 3.18. The quantitative estimate of drug-likeness (QED) is 0.831. The number of β-amino-alcohol motifs (C(OH)–C–C–N with tert-alkyl or cyclic N) is 1. The molecule has 0 amide bonds. The lowest BCUT2D eigenvalue weighted by Gasteiger charge is -2.34. The molecule has 0 aromatic heterocycles. The molecule has 1 saturated heterocycles. The fraction of sp³-hybridized carbons (Fsp3) is 0.684. The van der Waals surface area contributed by atoms with E-state index in [4.69, 9.17) is 4.74 Å². The van der Waals surface area contributed by atoms with E-state index >= 15 is 0 Å². The van der Waals surface area contributed by atoms with E-state index in [0.29, 0.717) is 25.1 Å². The minimum atomic E-state index is -0.425. The molecular weight excluding hydrogens is 274 g/mol. The Labute approximate surface area is 135 Å². The van der Waals surface area contributed by atoms with Crippen LogP contribution in [-0.4, -0.2) is 41.8 Å². The van der Waals surface area contributed by atoms with Crippen LogP contribution in [0.4, 0.5) is 0 Å². The average molecular weight is 305 g/mol. The van der Waals surface area contributed by atoms with Crippen LogP contribution < -0.4 is 4.74 Å². The second-order valence-electron chi connectivity index (χ2n) is 6.65. The lowest BCUT2D eigenvalue weighted by Crippen LogP contribution is -2.43. The van der Waals surface area contributed by atoms with Crippen molar-refractivity contribution < 1.29 is 9.84 Å². The van der Waals surface area contributed by atoms with E-state index in [9.17, 15) is 5.11 Å². The van der Waals surface area contributed by atoms with E-state index in [-0.39, 0.29) is 0 Å². The van der Waals surface area contributed by atoms with Crippen molar-refractivity contribution in [3.8, 4) is 5.75 Å². The van der Waals surface area contributed by atoms with Crippen molar-refractivity contribution in [2.45, 2.75) is 64.5 Å². The topological polar surface area (TPSA) is 32.7 Å². The van der Waals surface area contributed by atoms with Gasteiger partial charge in [-0.15, -0.1) is 0 Å². The fourth-order valence-corrected chi connectivity index (χ4v) is 3.18. The number of hydrogen-bond donors (Lipinski definition) is 1. The summed E-state index contributed by atoms with van der Waals surface area (Å²) in [5.41, 5.74) is 1.24. The standard InChI is InChI=1S/C19H31NO2/c1-4-15(2)18-10-5-6-11-19(18)22-14-17(21)13-20-12-8-7-9-16(20)3/h5-6,10-11,15-17,21H,4,7-9,12-14H2,1-3H3/t15-,16+,17-/m0/s1. The summed E-state index contributed by atoms with van der Waals surface area (Å²) in [6.07, 6.45) is 4.46. The van der Waals surface area contributed by atoms with Crippen molar-refractivity contribution in [3.05, 3.63) is 29.8 Å². The summed E-state index contributed by atoms with van der Waals surface area (Å²) in [5.74, 6) is 1.40. The molecule has 0 unspecified atom stereocenters. The van der Waals surface area contributed by atoms with Crippen LogP contribution in [0, 0.1) is 0 Å². The van der Waals surface area contributed by atoms with Gasteiger partial charge in [-0.1, -0.05) is 38.5 Å². The SMILES string of the molecule is CC[C@H](C)c1ccccc1OC[C@@H](O)CN1CCCC[C@H]1C. The molecule has 3 heteroatoms. The molecule has 0 bridgehead atoms. The predicted octanol–water partition coefficient (Wildman–Crippen LogP) is 3.81. The van der Waals surface area contributed by atoms with Crippen molar-refractivity contribution in [2.75, 3.05) is 19.7 Å². The highest BCUT2D eigenvalue weighted by atomic mass is 16.5. The van der Waals surface area contributed by atoms with E-state index in [1.54, 1.807) is 0 Å². The van der Waals surface area contributed by atoms with Gasteiger partial charge in [-0.2, -0.15) is 0 Å². The van der Waals surface area contributed by atoms with Gasteiger partial charge in [0.25, 0.3) is 0 Å². The molecular formula is C19H31NO2. The number of likely N-dealkylation sites (tertiary alicyclic amines) is 1. The Morgan fingerprint density at radius 1 is 1.32 bits per heavy atom. The van der Waals surface area contributed by atoms with Crippen molar-refractivity contribution in [3.63, 3.8) is 0 Å². The first-order valence-electron chi connectivity index (χ1n) is 8.75. The molecule has 0 spiro atoms. The van der Waals surface area contributed by atoms with Gasteiger partial charge in [0, 0.05) is 12.6 Å². The molecule has 1 aromatic rings. The number of benzene rings is 1. The van der Waals surface area contributed by atoms with Gasteiger partial charge in [0.05, 0.1) is 0 Å². The molecule has 1 aliphatic rings. The molecule has 0 aliphatic carbocycles. The Kier molecular flexibility index (Phi) is 6.71. The number of para-hydroxylation sites is 1. The molecule has 2 rings (SSSR count). The zero-order valence-corrected chi connectivity index (χ0v) is 14.3. The van der Waals surface area contributed by atoms with Crippen LogP contribution in [0.5, 0.6) is 5.75 Å². The second kappa shape index (κ2) is 8.54. The highest BCUT2D eigenvalue weighted by Crippen LogP contribution is 2.28. The maximum atomic E-state index is 10.3. The van der Waals surface area contributed by atoms with Gasteiger partial charge in [0.2, 0.25) is 0 Å². The van der Waals surface area contributed by atoms with Gasteiger partial charge in [0.1, 0.15) is 18.5 Å². The Bertz CT molecular complexity index is 449. The third kappa shape index (κ3) is 4.72. The third-order valence-electron chi connectivity index (χ3n) is 4.88. The molecule has 1 fully saturated rings. The Hall–Kier alpha value is -1.06. The van der Waals surface area contributed by atoms with E-state index < -0.39 is 6.10 Å². The van der Waals surface area contributed by atoms with Crippen LogP contribution in [0.2, 0.25) is 0 Å². The van der Waals surface area contributed by atoms with Gasteiger partial charge in [-0.3, -0.25) is 4.90 Å². The molecule has 0 radical (unpaired) electrons.